The van der Waals surface area contributed by atoms with Gasteiger partial charge in [-0.15, -0.1) is 0 Å². The number of fused-ring (bicyclic) bond motifs is 6. The van der Waals surface area contributed by atoms with Gasteiger partial charge in [0.2, 0.25) is 0 Å². The SMILES string of the molecule is C[Si]1(C)c2c(-c3nc(-c4ccc(-c5cccc6ccccc56)cc4)nc(-c4cccc(-c5ccccc5)c4)n3)cccc2-c2ccc3ccccc3c21. The van der Waals surface area contributed by atoms with Crippen LogP contribution in [0.3, 0.4) is 0 Å². The fourth-order valence-electron chi connectivity index (χ4n) is 8.43. The maximum Gasteiger partial charge on any atom is 0.164 e. The molecule has 4 heteroatoms. The molecular formula is C49H35N3Si. The highest BCUT2D eigenvalue weighted by Crippen LogP contribution is 2.37. The Morgan fingerprint density at radius 2 is 0.849 bits per heavy atom. The first-order valence-corrected chi connectivity index (χ1v) is 21.2. The summed E-state index contributed by atoms with van der Waals surface area (Å²) >= 11 is 0. The van der Waals surface area contributed by atoms with Crippen LogP contribution < -0.4 is 10.4 Å². The second kappa shape index (κ2) is 12.3. The smallest absolute Gasteiger partial charge is 0.164 e. The Kier molecular flexibility index (Phi) is 7.27. The fourth-order valence-corrected chi connectivity index (χ4v) is 12.2. The van der Waals surface area contributed by atoms with Crippen molar-refractivity contribution < 1.29 is 0 Å². The van der Waals surface area contributed by atoms with Crippen molar-refractivity contribution in [3.63, 3.8) is 0 Å². The monoisotopic (exact) mass is 693 g/mol. The minimum absolute atomic E-state index is 0.664. The van der Waals surface area contributed by atoms with Crippen LogP contribution in [0.15, 0.2) is 176 Å². The summed E-state index contributed by atoms with van der Waals surface area (Å²) in [7, 11) is -2.19. The summed E-state index contributed by atoms with van der Waals surface area (Å²) in [5.41, 5.74) is 10.3. The van der Waals surface area contributed by atoms with Gasteiger partial charge in [0.1, 0.15) is 8.07 Å². The zero-order valence-corrected chi connectivity index (χ0v) is 30.6. The van der Waals surface area contributed by atoms with Gasteiger partial charge in [0, 0.05) is 16.7 Å². The van der Waals surface area contributed by atoms with Crippen molar-refractivity contribution in [2.24, 2.45) is 0 Å². The van der Waals surface area contributed by atoms with Crippen molar-refractivity contribution in [1.29, 1.82) is 0 Å². The highest BCUT2D eigenvalue weighted by Gasteiger charge is 2.41. The molecule has 0 spiro atoms. The third-order valence-corrected chi connectivity index (χ3v) is 14.5. The largest absolute Gasteiger partial charge is 0.208 e. The normalized spacial score (nSPS) is 12.9. The second-order valence-corrected chi connectivity index (χ2v) is 18.7. The van der Waals surface area contributed by atoms with E-state index in [1.54, 1.807) is 0 Å². The Bertz CT molecular complexity index is 2850. The van der Waals surface area contributed by atoms with Crippen molar-refractivity contribution in [2.75, 3.05) is 0 Å². The van der Waals surface area contributed by atoms with E-state index >= 15 is 0 Å². The molecule has 0 fully saturated rings. The van der Waals surface area contributed by atoms with E-state index in [1.165, 1.54) is 48.6 Å². The Labute approximate surface area is 310 Å². The minimum atomic E-state index is -2.19. The van der Waals surface area contributed by atoms with Crippen molar-refractivity contribution in [3.8, 4) is 67.5 Å². The van der Waals surface area contributed by atoms with E-state index in [2.05, 4.69) is 183 Å². The lowest BCUT2D eigenvalue weighted by Crippen LogP contribution is -2.50. The lowest BCUT2D eigenvalue weighted by atomic mass is 9.97. The van der Waals surface area contributed by atoms with Crippen LogP contribution in [-0.2, 0) is 0 Å². The number of nitrogens with zero attached hydrogens (tertiary/aromatic N) is 3. The summed E-state index contributed by atoms with van der Waals surface area (Å²) in [6, 6.07) is 62.8. The molecule has 0 amide bonds. The van der Waals surface area contributed by atoms with Crippen LogP contribution in [0.4, 0.5) is 0 Å². The highest BCUT2D eigenvalue weighted by molar-refractivity contribution is 7.05. The van der Waals surface area contributed by atoms with Crippen LogP contribution in [0.5, 0.6) is 0 Å². The first kappa shape index (κ1) is 31.3. The molecule has 0 N–H and O–H groups in total. The first-order chi connectivity index (χ1) is 26.0. The summed E-state index contributed by atoms with van der Waals surface area (Å²) in [6.45, 7) is 4.96. The molecule has 0 saturated carbocycles. The van der Waals surface area contributed by atoms with E-state index in [0.29, 0.717) is 17.5 Å². The third-order valence-electron chi connectivity index (χ3n) is 10.9. The maximum absolute atomic E-state index is 5.30. The number of hydrogen-bond acceptors (Lipinski definition) is 3. The summed E-state index contributed by atoms with van der Waals surface area (Å²) in [5.74, 6) is 2.04. The number of rotatable bonds is 5. The predicted octanol–water partition coefficient (Wildman–Crippen LogP) is 11.3. The van der Waals surface area contributed by atoms with Gasteiger partial charge in [0.15, 0.2) is 17.5 Å². The Morgan fingerprint density at radius 3 is 1.66 bits per heavy atom. The lowest BCUT2D eigenvalue weighted by Gasteiger charge is -2.23. The summed E-state index contributed by atoms with van der Waals surface area (Å²) < 4.78 is 0. The molecule has 53 heavy (non-hydrogen) atoms. The van der Waals surface area contributed by atoms with Gasteiger partial charge in [-0.05, 0) is 71.4 Å². The van der Waals surface area contributed by atoms with Gasteiger partial charge in [-0.1, -0.05) is 183 Å². The molecule has 0 bridgehead atoms. The zero-order valence-electron chi connectivity index (χ0n) is 29.6. The fraction of sp³-hybridized carbons (Fsp3) is 0.0408. The first-order valence-electron chi connectivity index (χ1n) is 18.2. The predicted molar refractivity (Wildman–Crippen MR) is 224 cm³/mol. The van der Waals surface area contributed by atoms with Gasteiger partial charge in [-0.3, -0.25) is 0 Å². The number of benzene rings is 8. The summed E-state index contributed by atoms with van der Waals surface area (Å²) in [6.07, 6.45) is 0. The molecule has 0 saturated heterocycles. The molecule has 0 unspecified atom stereocenters. The highest BCUT2D eigenvalue weighted by atomic mass is 28.3. The molecule has 3 nitrogen and oxygen atoms in total. The summed E-state index contributed by atoms with van der Waals surface area (Å²) in [5, 5.41) is 7.99. The van der Waals surface area contributed by atoms with Crippen LogP contribution in [0, 0.1) is 0 Å². The van der Waals surface area contributed by atoms with E-state index in [0.717, 1.165) is 33.4 Å². The Balaban J connectivity index is 1.15. The van der Waals surface area contributed by atoms with Gasteiger partial charge in [-0.2, -0.15) is 0 Å². The third kappa shape index (κ3) is 5.22. The summed E-state index contributed by atoms with van der Waals surface area (Å²) in [4.78, 5) is 15.8. The van der Waals surface area contributed by atoms with Crippen molar-refractivity contribution in [3.05, 3.63) is 176 Å². The van der Waals surface area contributed by atoms with E-state index in [4.69, 9.17) is 15.0 Å². The molecule has 1 aliphatic rings. The molecule has 10 rings (SSSR count). The molecule has 0 aliphatic carbocycles. The van der Waals surface area contributed by atoms with Crippen LogP contribution in [0.1, 0.15) is 0 Å². The van der Waals surface area contributed by atoms with Crippen molar-refractivity contribution in [2.45, 2.75) is 13.1 Å². The molecule has 8 aromatic carbocycles. The average Bonchev–Trinajstić information content (AvgIpc) is 3.47. The van der Waals surface area contributed by atoms with E-state index in [9.17, 15) is 0 Å². The van der Waals surface area contributed by atoms with Gasteiger partial charge >= 0.3 is 0 Å². The molecule has 9 aromatic rings. The Morgan fingerprint density at radius 1 is 0.321 bits per heavy atom. The maximum atomic E-state index is 5.30. The van der Waals surface area contributed by atoms with Crippen LogP contribution >= 0.6 is 0 Å². The number of hydrogen-bond donors (Lipinski definition) is 0. The molecule has 1 aliphatic heterocycles. The molecule has 1 aromatic heterocycles. The van der Waals surface area contributed by atoms with Gasteiger partial charge < -0.3 is 0 Å². The van der Waals surface area contributed by atoms with Crippen LogP contribution in [0.25, 0.3) is 89.1 Å². The van der Waals surface area contributed by atoms with E-state index < -0.39 is 8.07 Å². The quantitative estimate of drug-likeness (QED) is 0.168. The second-order valence-electron chi connectivity index (χ2n) is 14.4. The standard InChI is InChI=1S/C49H35N3Si/c1-53(2)45-41-21-9-7-16-34(41)29-30-43(45)42-23-12-24-44(46(42)53)49-51-47(50-48(52-49)38-19-10-18-37(31-38)32-13-4-3-5-14-32)36-27-25-35(26-28-36)40-22-11-17-33-15-6-8-20-39(33)40/h3-31H,1-2H3. The van der Waals surface area contributed by atoms with E-state index in [-0.39, 0.29) is 0 Å². The zero-order chi connectivity index (χ0) is 35.5. The lowest BCUT2D eigenvalue weighted by molar-refractivity contribution is 1.08. The van der Waals surface area contributed by atoms with Crippen LogP contribution in [-0.4, -0.2) is 23.0 Å². The van der Waals surface area contributed by atoms with Crippen LogP contribution in [0.2, 0.25) is 13.1 Å². The Hall–Kier alpha value is -6.49. The van der Waals surface area contributed by atoms with Crippen molar-refractivity contribution >= 4 is 40.0 Å². The number of aromatic nitrogens is 3. The average molecular weight is 694 g/mol. The minimum Gasteiger partial charge on any atom is -0.208 e. The molecule has 2 heterocycles. The molecule has 0 radical (unpaired) electrons. The van der Waals surface area contributed by atoms with Gasteiger partial charge in [0.05, 0.1) is 0 Å². The van der Waals surface area contributed by atoms with Gasteiger partial charge in [-0.25, -0.2) is 15.0 Å². The van der Waals surface area contributed by atoms with E-state index in [1.807, 2.05) is 6.07 Å². The molecular weight excluding hydrogens is 659 g/mol. The topological polar surface area (TPSA) is 38.7 Å². The van der Waals surface area contributed by atoms with Gasteiger partial charge in [0.25, 0.3) is 0 Å². The molecule has 250 valence electrons. The van der Waals surface area contributed by atoms with Crippen molar-refractivity contribution in [1.82, 2.24) is 15.0 Å². The molecule has 0 atom stereocenters.